The summed E-state index contributed by atoms with van der Waals surface area (Å²) in [6.45, 7) is 0.385. The number of aromatic hydroxyl groups is 1. The number of carbonyl (C=O) groups excluding carboxylic acids is 1. The SMILES string of the molecule is CS(=O)(=O)Nc1ccc(CCNC(=O)c2ccc(O)c3[nH]c(-c4ccccc4)nc23)cc1. The zero-order valence-electron chi connectivity index (χ0n) is 17.3. The summed E-state index contributed by atoms with van der Waals surface area (Å²) in [4.78, 5) is 20.4. The molecule has 0 fully saturated rings. The predicted molar refractivity (Wildman–Crippen MR) is 124 cm³/mol. The van der Waals surface area contributed by atoms with Crippen molar-refractivity contribution in [3.05, 3.63) is 77.9 Å². The van der Waals surface area contributed by atoms with E-state index in [0.717, 1.165) is 17.4 Å². The van der Waals surface area contributed by atoms with Crippen molar-refractivity contribution in [2.45, 2.75) is 6.42 Å². The van der Waals surface area contributed by atoms with Gasteiger partial charge in [-0.25, -0.2) is 13.4 Å². The molecule has 1 heterocycles. The van der Waals surface area contributed by atoms with Crippen LogP contribution in [0.5, 0.6) is 5.75 Å². The van der Waals surface area contributed by atoms with Gasteiger partial charge < -0.3 is 15.4 Å². The number of H-pyrrole nitrogens is 1. The molecular formula is C23H22N4O4S. The van der Waals surface area contributed by atoms with Gasteiger partial charge >= 0.3 is 0 Å². The van der Waals surface area contributed by atoms with E-state index in [9.17, 15) is 18.3 Å². The number of nitrogens with zero attached hydrogens (tertiary/aromatic N) is 1. The Hall–Kier alpha value is -3.85. The van der Waals surface area contributed by atoms with Gasteiger partial charge in [-0.2, -0.15) is 0 Å². The number of carbonyl (C=O) groups is 1. The average molecular weight is 451 g/mol. The van der Waals surface area contributed by atoms with Gasteiger partial charge in [0.25, 0.3) is 5.91 Å². The summed E-state index contributed by atoms with van der Waals surface area (Å²) in [5, 5.41) is 13.1. The minimum atomic E-state index is -3.32. The number of nitrogens with one attached hydrogen (secondary N) is 3. The fourth-order valence-electron chi connectivity index (χ4n) is 3.36. The number of fused-ring (bicyclic) bond motifs is 1. The van der Waals surface area contributed by atoms with E-state index in [1.165, 1.54) is 6.07 Å². The molecule has 1 amide bonds. The minimum Gasteiger partial charge on any atom is -0.506 e. The average Bonchev–Trinajstić information content (AvgIpc) is 3.21. The van der Waals surface area contributed by atoms with Crippen LogP contribution >= 0.6 is 0 Å². The number of phenolic OH excluding ortho intramolecular Hbond substituents is 1. The lowest BCUT2D eigenvalue weighted by atomic mass is 10.1. The lowest BCUT2D eigenvalue weighted by Crippen LogP contribution is -2.26. The van der Waals surface area contributed by atoms with Crippen molar-refractivity contribution < 1.29 is 18.3 Å². The Balaban J connectivity index is 1.46. The molecule has 0 aliphatic heterocycles. The molecule has 0 aliphatic carbocycles. The van der Waals surface area contributed by atoms with Gasteiger partial charge in [0.1, 0.15) is 22.6 Å². The van der Waals surface area contributed by atoms with Gasteiger partial charge in [0.2, 0.25) is 10.0 Å². The Morgan fingerprint density at radius 1 is 1.03 bits per heavy atom. The maximum Gasteiger partial charge on any atom is 0.253 e. The first-order valence-corrected chi connectivity index (χ1v) is 11.8. The summed E-state index contributed by atoms with van der Waals surface area (Å²) < 4.78 is 25.0. The van der Waals surface area contributed by atoms with Gasteiger partial charge in [-0.05, 0) is 36.2 Å². The molecule has 0 bridgehead atoms. The van der Waals surface area contributed by atoms with E-state index in [0.29, 0.717) is 41.1 Å². The molecule has 0 spiro atoms. The molecule has 4 rings (SSSR count). The standard InChI is InChI=1S/C23H22N4O4S/c1-32(30,31)27-17-9-7-15(8-10-17)13-14-24-23(29)18-11-12-19(28)21-20(18)25-22(26-21)16-5-3-2-4-6-16/h2-12,27-28H,13-14H2,1H3,(H,24,29)(H,25,26). The molecule has 0 atom stereocenters. The van der Waals surface area contributed by atoms with Gasteiger partial charge in [-0.15, -0.1) is 0 Å². The number of anilines is 1. The van der Waals surface area contributed by atoms with Crippen molar-refractivity contribution >= 4 is 32.7 Å². The van der Waals surface area contributed by atoms with Crippen LogP contribution in [0.2, 0.25) is 0 Å². The predicted octanol–water partition coefficient (Wildman–Crippen LogP) is 3.28. The van der Waals surface area contributed by atoms with Crippen LogP contribution in [0.15, 0.2) is 66.7 Å². The number of hydrogen-bond donors (Lipinski definition) is 4. The van der Waals surface area contributed by atoms with Crippen LogP contribution in [0.25, 0.3) is 22.4 Å². The molecule has 0 saturated carbocycles. The minimum absolute atomic E-state index is 0.0222. The summed E-state index contributed by atoms with van der Waals surface area (Å²) in [7, 11) is -3.32. The molecule has 0 radical (unpaired) electrons. The van der Waals surface area contributed by atoms with E-state index >= 15 is 0 Å². The Morgan fingerprint density at radius 3 is 2.44 bits per heavy atom. The van der Waals surface area contributed by atoms with Crippen LogP contribution in [0, 0.1) is 0 Å². The summed E-state index contributed by atoms with van der Waals surface area (Å²) in [5.41, 5.74) is 3.46. The second-order valence-electron chi connectivity index (χ2n) is 7.38. The summed E-state index contributed by atoms with van der Waals surface area (Å²) in [5.74, 6) is 0.296. The van der Waals surface area contributed by atoms with Gasteiger partial charge in [-0.3, -0.25) is 9.52 Å². The maximum absolute atomic E-state index is 12.8. The fourth-order valence-corrected chi connectivity index (χ4v) is 3.93. The molecule has 9 heteroatoms. The summed E-state index contributed by atoms with van der Waals surface area (Å²) >= 11 is 0. The van der Waals surface area contributed by atoms with Crippen molar-refractivity contribution in [1.29, 1.82) is 0 Å². The number of rotatable bonds is 7. The smallest absolute Gasteiger partial charge is 0.253 e. The first-order valence-electron chi connectivity index (χ1n) is 9.92. The van der Waals surface area contributed by atoms with Crippen LogP contribution in [0.4, 0.5) is 5.69 Å². The number of hydrogen-bond acceptors (Lipinski definition) is 5. The number of imidazole rings is 1. The van der Waals surface area contributed by atoms with Crippen LogP contribution in [-0.4, -0.2) is 42.2 Å². The molecule has 0 unspecified atom stereocenters. The molecule has 32 heavy (non-hydrogen) atoms. The van der Waals surface area contributed by atoms with Crippen molar-refractivity contribution in [3.63, 3.8) is 0 Å². The molecule has 4 aromatic rings. The topological polar surface area (TPSA) is 124 Å². The first-order chi connectivity index (χ1) is 15.3. The Bertz CT molecular complexity index is 1360. The quantitative estimate of drug-likeness (QED) is 0.344. The van der Waals surface area contributed by atoms with Crippen LogP contribution in [-0.2, 0) is 16.4 Å². The Kier molecular flexibility index (Phi) is 5.83. The molecule has 0 saturated heterocycles. The van der Waals surface area contributed by atoms with E-state index in [1.54, 1.807) is 30.3 Å². The molecule has 8 nitrogen and oxygen atoms in total. The third kappa shape index (κ3) is 4.89. The molecule has 1 aromatic heterocycles. The number of amides is 1. The maximum atomic E-state index is 12.8. The highest BCUT2D eigenvalue weighted by molar-refractivity contribution is 7.92. The number of aromatic nitrogens is 2. The van der Waals surface area contributed by atoms with Crippen LogP contribution < -0.4 is 10.0 Å². The van der Waals surface area contributed by atoms with Crippen LogP contribution in [0.1, 0.15) is 15.9 Å². The Morgan fingerprint density at radius 2 is 1.75 bits per heavy atom. The lowest BCUT2D eigenvalue weighted by Gasteiger charge is -2.08. The van der Waals surface area contributed by atoms with E-state index in [4.69, 9.17) is 0 Å². The van der Waals surface area contributed by atoms with E-state index in [1.807, 2.05) is 30.3 Å². The third-order valence-electron chi connectivity index (χ3n) is 4.87. The van der Waals surface area contributed by atoms with Crippen molar-refractivity contribution in [2.75, 3.05) is 17.5 Å². The molecule has 3 aromatic carbocycles. The molecule has 0 aliphatic rings. The Labute approximate surface area is 185 Å². The van der Waals surface area contributed by atoms with Gasteiger partial charge in [0.15, 0.2) is 0 Å². The molecule has 4 N–H and O–H groups in total. The summed E-state index contributed by atoms with van der Waals surface area (Å²) in [6.07, 6.45) is 1.67. The van der Waals surface area contributed by atoms with Gasteiger partial charge in [0, 0.05) is 17.8 Å². The van der Waals surface area contributed by atoms with Gasteiger partial charge in [0.05, 0.1) is 11.8 Å². The summed E-state index contributed by atoms with van der Waals surface area (Å²) in [6, 6.07) is 19.4. The van der Waals surface area contributed by atoms with E-state index in [2.05, 4.69) is 20.0 Å². The third-order valence-corrected chi connectivity index (χ3v) is 5.48. The van der Waals surface area contributed by atoms with Crippen molar-refractivity contribution in [3.8, 4) is 17.1 Å². The second kappa shape index (κ2) is 8.72. The number of aromatic amines is 1. The fraction of sp³-hybridized carbons (Fsp3) is 0.130. The van der Waals surface area contributed by atoms with E-state index in [-0.39, 0.29) is 11.7 Å². The largest absolute Gasteiger partial charge is 0.506 e. The normalized spacial score (nSPS) is 11.4. The second-order valence-corrected chi connectivity index (χ2v) is 9.13. The number of phenols is 1. The first kappa shape index (κ1) is 21.4. The lowest BCUT2D eigenvalue weighted by molar-refractivity contribution is 0.0955. The highest BCUT2D eigenvalue weighted by atomic mass is 32.2. The van der Waals surface area contributed by atoms with Gasteiger partial charge in [-0.1, -0.05) is 42.5 Å². The number of benzene rings is 3. The van der Waals surface area contributed by atoms with Crippen LogP contribution in [0.3, 0.4) is 0 Å². The zero-order valence-corrected chi connectivity index (χ0v) is 18.1. The molecule has 164 valence electrons. The highest BCUT2D eigenvalue weighted by Gasteiger charge is 2.17. The van der Waals surface area contributed by atoms with Crippen molar-refractivity contribution in [2.24, 2.45) is 0 Å². The molecular weight excluding hydrogens is 428 g/mol. The van der Waals surface area contributed by atoms with E-state index < -0.39 is 10.0 Å². The number of sulfonamides is 1. The van der Waals surface area contributed by atoms with Crippen molar-refractivity contribution in [1.82, 2.24) is 15.3 Å². The highest BCUT2D eigenvalue weighted by Crippen LogP contribution is 2.29. The monoisotopic (exact) mass is 450 g/mol. The zero-order chi connectivity index (χ0) is 22.7.